The maximum absolute atomic E-state index is 12.1. The molecule has 4 nitrogen and oxygen atoms in total. The average Bonchev–Trinajstić information content (AvgIpc) is 2.70. The van der Waals surface area contributed by atoms with Gasteiger partial charge in [0.2, 0.25) is 0 Å². The van der Waals surface area contributed by atoms with Crippen molar-refractivity contribution < 1.29 is 9.53 Å². The quantitative estimate of drug-likeness (QED) is 0.854. The maximum Gasteiger partial charge on any atom is 0.410 e. The molecule has 2 N–H and O–H groups in total. The van der Waals surface area contributed by atoms with Crippen molar-refractivity contribution >= 4 is 22.0 Å². The molecule has 1 amide bonds. The molecule has 0 radical (unpaired) electrons. The van der Waals surface area contributed by atoms with Gasteiger partial charge in [0, 0.05) is 29.5 Å². The van der Waals surface area contributed by atoms with Crippen molar-refractivity contribution in [1.82, 2.24) is 4.90 Å². The number of hydrogen-bond acceptors (Lipinski definition) is 3. The third-order valence-electron chi connectivity index (χ3n) is 3.31. The van der Waals surface area contributed by atoms with Crippen molar-refractivity contribution in [1.29, 1.82) is 0 Å². The lowest BCUT2D eigenvalue weighted by atomic mass is 9.95. The minimum atomic E-state index is -0.475. The van der Waals surface area contributed by atoms with Gasteiger partial charge in [-0.25, -0.2) is 4.79 Å². The predicted octanol–water partition coefficient (Wildman–Crippen LogP) is 3.11. The molecule has 2 atom stereocenters. The Kier molecular flexibility index (Phi) is 4.39. The first kappa shape index (κ1) is 15.3. The van der Waals surface area contributed by atoms with Gasteiger partial charge in [0.25, 0.3) is 0 Å². The molecular formula is C15H21BrN2O2. The predicted molar refractivity (Wildman–Crippen MR) is 82.7 cm³/mol. The summed E-state index contributed by atoms with van der Waals surface area (Å²) in [4.78, 5) is 13.8. The maximum atomic E-state index is 12.1. The van der Waals surface area contributed by atoms with Gasteiger partial charge in [0.15, 0.2) is 0 Å². The van der Waals surface area contributed by atoms with E-state index in [-0.39, 0.29) is 18.1 Å². The molecule has 0 unspecified atom stereocenters. The number of ether oxygens (including phenoxy) is 1. The van der Waals surface area contributed by atoms with Gasteiger partial charge in [0.05, 0.1) is 0 Å². The van der Waals surface area contributed by atoms with E-state index in [9.17, 15) is 4.79 Å². The molecule has 20 heavy (non-hydrogen) atoms. The van der Waals surface area contributed by atoms with E-state index in [4.69, 9.17) is 10.5 Å². The average molecular weight is 341 g/mol. The molecule has 5 heteroatoms. The molecule has 110 valence electrons. The summed E-state index contributed by atoms with van der Waals surface area (Å²) in [5.41, 5.74) is 6.86. The fourth-order valence-electron chi connectivity index (χ4n) is 2.37. The molecule has 1 aromatic rings. The van der Waals surface area contributed by atoms with E-state index in [0.29, 0.717) is 13.1 Å². The molecule has 0 aromatic heterocycles. The van der Waals surface area contributed by atoms with Gasteiger partial charge in [-0.3, -0.25) is 0 Å². The summed E-state index contributed by atoms with van der Waals surface area (Å²) >= 11 is 3.42. The summed E-state index contributed by atoms with van der Waals surface area (Å²) in [7, 11) is 0. The van der Waals surface area contributed by atoms with Crippen LogP contribution in [0.1, 0.15) is 32.3 Å². The minimum Gasteiger partial charge on any atom is -0.444 e. The molecule has 1 aromatic carbocycles. The number of rotatable bonds is 1. The normalized spacial score (nSPS) is 22.9. The van der Waals surface area contributed by atoms with E-state index >= 15 is 0 Å². The number of nitrogens with two attached hydrogens (primary N) is 1. The van der Waals surface area contributed by atoms with Crippen molar-refractivity contribution in [2.45, 2.75) is 38.3 Å². The van der Waals surface area contributed by atoms with Crippen molar-refractivity contribution in [2.75, 3.05) is 13.1 Å². The highest BCUT2D eigenvalue weighted by atomic mass is 79.9. The molecule has 0 spiro atoms. The summed E-state index contributed by atoms with van der Waals surface area (Å²) < 4.78 is 6.44. The number of likely N-dealkylation sites (tertiary alicyclic amines) is 1. The second-order valence-corrected chi connectivity index (χ2v) is 7.12. The van der Waals surface area contributed by atoms with Gasteiger partial charge in [-0.05, 0) is 38.5 Å². The molecule has 1 fully saturated rings. The number of halogens is 1. The van der Waals surface area contributed by atoms with Crippen LogP contribution < -0.4 is 5.73 Å². The summed E-state index contributed by atoms with van der Waals surface area (Å²) in [6, 6.07) is 8.04. The molecule has 2 rings (SSSR count). The number of carbonyl (C=O) groups excluding carboxylic acids is 1. The van der Waals surface area contributed by atoms with E-state index < -0.39 is 5.60 Å². The first-order valence-corrected chi connectivity index (χ1v) is 7.54. The van der Waals surface area contributed by atoms with Crippen LogP contribution in [-0.4, -0.2) is 35.7 Å². The fourth-order valence-corrected chi connectivity index (χ4v) is 2.63. The van der Waals surface area contributed by atoms with Crippen LogP contribution in [0, 0.1) is 0 Å². The standard InChI is InChI=1S/C15H21BrN2O2/c1-15(2,3)20-14(19)18-8-12(13(17)9-18)10-4-6-11(16)7-5-10/h4-7,12-13H,8-9,17H2,1-3H3/t12-,13+/m0/s1. The van der Waals surface area contributed by atoms with Crippen molar-refractivity contribution in [2.24, 2.45) is 5.73 Å². The lowest BCUT2D eigenvalue weighted by Gasteiger charge is -2.24. The highest BCUT2D eigenvalue weighted by Gasteiger charge is 2.35. The molecule has 1 aliphatic rings. The van der Waals surface area contributed by atoms with E-state index in [1.165, 1.54) is 0 Å². The van der Waals surface area contributed by atoms with E-state index in [2.05, 4.69) is 15.9 Å². The number of benzene rings is 1. The number of nitrogens with zero attached hydrogens (tertiary/aromatic N) is 1. The van der Waals surface area contributed by atoms with Crippen LogP contribution in [0.2, 0.25) is 0 Å². The summed E-state index contributed by atoms with van der Waals surface area (Å²) in [6.45, 7) is 6.75. The fraction of sp³-hybridized carbons (Fsp3) is 0.533. The van der Waals surface area contributed by atoms with Crippen LogP contribution in [0.25, 0.3) is 0 Å². The lowest BCUT2D eigenvalue weighted by Crippen LogP contribution is -2.36. The largest absolute Gasteiger partial charge is 0.444 e. The molecule has 1 heterocycles. The molecule has 0 bridgehead atoms. The van der Waals surface area contributed by atoms with E-state index in [1.54, 1.807) is 4.90 Å². The zero-order valence-electron chi connectivity index (χ0n) is 12.1. The van der Waals surface area contributed by atoms with Crippen LogP contribution >= 0.6 is 15.9 Å². The number of amides is 1. The van der Waals surface area contributed by atoms with E-state index in [0.717, 1.165) is 10.0 Å². The van der Waals surface area contributed by atoms with Crippen LogP contribution in [-0.2, 0) is 4.74 Å². The Morgan fingerprint density at radius 1 is 1.30 bits per heavy atom. The highest BCUT2D eigenvalue weighted by Crippen LogP contribution is 2.28. The Bertz CT molecular complexity index is 482. The summed E-state index contributed by atoms with van der Waals surface area (Å²) in [5, 5.41) is 0. The Balaban J connectivity index is 2.05. The summed E-state index contributed by atoms with van der Waals surface area (Å²) in [5.74, 6) is 0.163. The highest BCUT2D eigenvalue weighted by molar-refractivity contribution is 9.10. The van der Waals surface area contributed by atoms with Crippen molar-refractivity contribution in [3.8, 4) is 0 Å². The topological polar surface area (TPSA) is 55.6 Å². The van der Waals surface area contributed by atoms with Crippen LogP contribution in [0.3, 0.4) is 0 Å². The zero-order chi connectivity index (χ0) is 14.9. The third-order valence-corrected chi connectivity index (χ3v) is 3.84. The minimum absolute atomic E-state index is 0.0521. The second-order valence-electron chi connectivity index (χ2n) is 6.21. The van der Waals surface area contributed by atoms with Crippen LogP contribution in [0.4, 0.5) is 4.79 Å². The van der Waals surface area contributed by atoms with Crippen LogP contribution in [0.15, 0.2) is 28.7 Å². The van der Waals surface area contributed by atoms with Crippen LogP contribution in [0.5, 0.6) is 0 Å². The SMILES string of the molecule is CC(C)(C)OC(=O)N1C[C@@H](N)[C@H](c2ccc(Br)cc2)C1. The Morgan fingerprint density at radius 2 is 1.90 bits per heavy atom. The lowest BCUT2D eigenvalue weighted by molar-refractivity contribution is 0.0290. The molecule has 0 saturated carbocycles. The number of hydrogen-bond donors (Lipinski definition) is 1. The summed E-state index contributed by atoms with van der Waals surface area (Å²) in [6.07, 6.45) is -0.285. The molecule has 1 aliphatic heterocycles. The van der Waals surface area contributed by atoms with Gasteiger partial charge in [-0.1, -0.05) is 28.1 Å². The Hall–Kier alpha value is -1.07. The molecule has 0 aliphatic carbocycles. The number of carbonyl (C=O) groups is 1. The Labute approximate surface area is 128 Å². The van der Waals surface area contributed by atoms with Crippen molar-refractivity contribution in [3.63, 3.8) is 0 Å². The second kappa shape index (κ2) is 5.74. The van der Waals surface area contributed by atoms with Gasteiger partial charge in [-0.2, -0.15) is 0 Å². The van der Waals surface area contributed by atoms with Gasteiger partial charge < -0.3 is 15.4 Å². The Morgan fingerprint density at radius 3 is 2.45 bits per heavy atom. The van der Waals surface area contributed by atoms with Gasteiger partial charge >= 0.3 is 6.09 Å². The monoisotopic (exact) mass is 340 g/mol. The third kappa shape index (κ3) is 3.73. The first-order chi connectivity index (χ1) is 9.26. The zero-order valence-corrected chi connectivity index (χ0v) is 13.7. The molecule has 1 saturated heterocycles. The van der Waals surface area contributed by atoms with Gasteiger partial charge in [-0.15, -0.1) is 0 Å². The first-order valence-electron chi connectivity index (χ1n) is 6.75. The van der Waals surface area contributed by atoms with E-state index in [1.807, 2.05) is 45.0 Å². The van der Waals surface area contributed by atoms with Gasteiger partial charge in [0.1, 0.15) is 5.60 Å². The molecular weight excluding hydrogens is 320 g/mol. The smallest absolute Gasteiger partial charge is 0.410 e. The van der Waals surface area contributed by atoms with Crippen molar-refractivity contribution in [3.05, 3.63) is 34.3 Å².